The molecule has 2 rings (SSSR count). The van der Waals surface area contributed by atoms with Crippen molar-refractivity contribution in [2.24, 2.45) is 10.9 Å². The molecular weight excluding hydrogens is 264 g/mol. The minimum atomic E-state index is -0.0621. The van der Waals surface area contributed by atoms with Gasteiger partial charge in [-0.25, -0.2) is 0 Å². The summed E-state index contributed by atoms with van der Waals surface area (Å²) in [5.74, 6) is 1.66. The van der Waals surface area contributed by atoms with Gasteiger partial charge in [0.25, 0.3) is 0 Å². The third-order valence-electron chi connectivity index (χ3n) is 4.50. The van der Waals surface area contributed by atoms with Gasteiger partial charge in [0.05, 0.1) is 12.1 Å². The van der Waals surface area contributed by atoms with Gasteiger partial charge < -0.3 is 20.3 Å². The van der Waals surface area contributed by atoms with Crippen LogP contribution in [0.5, 0.6) is 0 Å². The van der Waals surface area contributed by atoms with E-state index < -0.39 is 0 Å². The van der Waals surface area contributed by atoms with E-state index in [1.807, 2.05) is 0 Å². The van der Waals surface area contributed by atoms with Crippen LogP contribution in [-0.4, -0.2) is 62.8 Å². The number of nitrogens with one attached hydrogen (secondary N) is 2. The Labute approximate surface area is 129 Å². The average Bonchev–Trinajstić information content (AvgIpc) is 2.89. The summed E-state index contributed by atoms with van der Waals surface area (Å²) in [6, 6.07) is 0. The second-order valence-electron chi connectivity index (χ2n) is 6.75. The maximum absolute atomic E-state index is 5.81. The molecule has 2 saturated heterocycles. The molecule has 2 N–H and O–H groups in total. The van der Waals surface area contributed by atoms with Crippen molar-refractivity contribution in [1.82, 2.24) is 15.5 Å². The van der Waals surface area contributed by atoms with Crippen molar-refractivity contribution >= 4 is 5.96 Å². The Morgan fingerprint density at radius 1 is 1.38 bits per heavy atom. The van der Waals surface area contributed by atoms with Gasteiger partial charge in [-0.3, -0.25) is 4.99 Å². The molecule has 2 aliphatic rings. The minimum Gasteiger partial charge on any atom is -0.373 e. The Kier molecular flexibility index (Phi) is 6.30. The van der Waals surface area contributed by atoms with Gasteiger partial charge in [0.1, 0.15) is 0 Å². The van der Waals surface area contributed by atoms with Gasteiger partial charge in [0.15, 0.2) is 5.96 Å². The Morgan fingerprint density at radius 3 is 2.90 bits per heavy atom. The molecule has 0 aromatic rings. The Balaban J connectivity index is 1.80. The number of piperidine rings is 1. The minimum absolute atomic E-state index is 0.0621. The number of nitrogens with zero attached hydrogens (tertiary/aromatic N) is 2. The predicted molar refractivity (Wildman–Crippen MR) is 87.8 cm³/mol. The van der Waals surface area contributed by atoms with E-state index in [0.717, 1.165) is 51.0 Å². The first kappa shape index (κ1) is 16.6. The van der Waals surface area contributed by atoms with Gasteiger partial charge in [-0.05, 0) is 59.0 Å². The van der Waals surface area contributed by atoms with Crippen molar-refractivity contribution in [2.45, 2.75) is 45.1 Å². The van der Waals surface area contributed by atoms with Crippen molar-refractivity contribution in [3.8, 4) is 0 Å². The number of guanidine groups is 1. The number of rotatable bonds is 5. The fourth-order valence-corrected chi connectivity index (χ4v) is 3.23. The number of likely N-dealkylation sites (tertiary alicyclic amines) is 1. The van der Waals surface area contributed by atoms with Gasteiger partial charge >= 0.3 is 0 Å². The maximum Gasteiger partial charge on any atom is 0.191 e. The summed E-state index contributed by atoms with van der Waals surface area (Å²) in [7, 11) is 2.21. The second-order valence-corrected chi connectivity index (χ2v) is 6.75. The number of hydrogen-bond donors (Lipinski definition) is 2. The van der Waals surface area contributed by atoms with Crippen LogP contribution < -0.4 is 10.6 Å². The Bertz CT molecular complexity index is 339. The lowest BCUT2D eigenvalue weighted by Crippen LogP contribution is -2.44. The highest BCUT2D eigenvalue weighted by Crippen LogP contribution is 2.25. The molecule has 0 saturated carbocycles. The number of hydrogen-bond acceptors (Lipinski definition) is 3. The lowest BCUT2D eigenvalue weighted by atomic mass is 9.98. The normalized spacial score (nSPS) is 31.4. The molecule has 2 atom stereocenters. The molecule has 2 heterocycles. The van der Waals surface area contributed by atoms with Crippen LogP contribution in [-0.2, 0) is 4.74 Å². The molecule has 2 aliphatic heterocycles. The van der Waals surface area contributed by atoms with Gasteiger partial charge in [-0.2, -0.15) is 0 Å². The molecule has 21 heavy (non-hydrogen) atoms. The molecule has 5 heteroatoms. The van der Waals surface area contributed by atoms with E-state index in [0.29, 0.717) is 0 Å². The third kappa shape index (κ3) is 5.47. The fraction of sp³-hybridized carbons (Fsp3) is 0.938. The van der Waals surface area contributed by atoms with Crippen LogP contribution in [0.4, 0.5) is 0 Å². The van der Waals surface area contributed by atoms with Gasteiger partial charge in [0.2, 0.25) is 0 Å². The topological polar surface area (TPSA) is 48.9 Å². The molecule has 0 spiro atoms. The van der Waals surface area contributed by atoms with Gasteiger partial charge in [0, 0.05) is 26.2 Å². The summed E-state index contributed by atoms with van der Waals surface area (Å²) < 4.78 is 5.81. The van der Waals surface area contributed by atoms with E-state index in [1.54, 1.807) is 0 Å². The summed E-state index contributed by atoms with van der Waals surface area (Å²) in [6.45, 7) is 10.2. The van der Waals surface area contributed by atoms with Crippen molar-refractivity contribution in [1.29, 1.82) is 0 Å². The van der Waals surface area contributed by atoms with E-state index in [9.17, 15) is 0 Å². The van der Waals surface area contributed by atoms with Crippen molar-refractivity contribution in [2.75, 3.05) is 46.4 Å². The highest BCUT2D eigenvalue weighted by atomic mass is 16.5. The summed E-state index contributed by atoms with van der Waals surface area (Å²) in [6.07, 6.45) is 4.90. The molecule has 122 valence electrons. The molecule has 0 radical (unpaired) electrons. The Hall–Kier alpha value is -0.810. The SMILES string of the molecule is CCNC(=NCC1(C)CCCO1)NCC1CCCN(C)C1. The molecule has 2 unspecified atom stereocenters. The molecule has 5 nitrogen and oxygen atoms in total. The fourth-order valence-electron chi connectivity index (χ4n) is 3.23. The standard InChI is InChI=1S/C16H32N4O/c1-4-17-15(19-13-16(2)8-6-10-21-16)18-11-14-7-5-9-20(3)12-14/h14H,4-13H2,1-3H3,(H2,17,18,19). The molecule has 0 aromatic carbocycles. The van der Waals surface area contributed by atoms with E-state index in [2.05, 4.69) is 36.4 Å². The van der Waals surface area contributed by atoms with Crippen LogP contribution >= 0.6 is 0 Å². The van der Waals surface area contributed by atoms with Crippen LogP contribution in [0.25, 0.3) is 0 Å². The van der Waals surface area contributed by atoms with Gasteiger partial charge in [-0.1, -0.05) is 0 Å². The quantitative estimate of drug-likeness (QED) is 0.595. The smallest absolute Gasteiger partial charge is 0.191 e. The summed E-state index contributed by atoms with van der Waals surface area (Å²) in [5.41, 5.74) is -0.0621. The first-order valence-corrected chi connectivity index (χ1v) is 8.46. The monoisotopic (exact) mass is 296 g/mol. The van der Waals surface area contributed by atoms with Crippen molar-refractivity contribution in [3.05, 3.63) is 0 Å². The summed E-state index contributed by atoms with van der Waals surface area (Å²) in [4.78, 5) is 7.15. The van der Waals surface area contributed by atoms with Crippen LogP contribution in [0.2, 0.25) is 0 Å². The zero-order valence-electron chi connectivity index (χ0n) is 14.0. The highest BCUT2D eigenvalue weighted by Gasteiger charge is 2.29. The first-order valence-electron chi connectivity index (χ1n) is 8.46. The molecular formula is C16H32N4O. The summed E-state index contributed by atoms with van der Waals surface area (Å²) in [5, 5.41) is 6.85. The van der Waals surface area contributed by atoms with Crippen LogP contribution in [0, 0.1) is 5.92 Å². The third-order valence-corrected chi connectivity index (χ3v) is 4.50. The highest BCUT2D eigenvalue weighted by molar-refractivity contribution is 5.79. The van der Waals surface area contributed by atoms with Crippen molar-refractivity contribution < 1.29 is 4.74 Å². The Morgan fingerprint density at radius 2 is 2.24 bits per heavy atom. The summed E-state index contributed by atoms with van der Waals surface area (Å²) >= 11 is 0. The average molecular weight is 296 g/mol. The second kappa shape index (κ2) is 7.99. The lowest BCUT2D eigenvalue weighted by Gasteiger charge is -2.30. The van der Waals surface area contributed by atoms with Gasteiger partial charge in [-0.15, -0.1) is 0 Å². The number of ether oxygens (including phenoxy) is 1. The zero-order chi connectivity index (χ0) is 15.1. The van der Waals surface area contributed by atoms with Crippen LogP contribution in [0.3, 0.4) is 0 Å². The van der Waals surface area contributed by atoms with E-state index >= 15 is 0 Å². The lowest BCUT2D eigenvalue weighted by molar-refractivity contribution is 0.0283. The van der Waals surface area contributed by atoms with E-state index in [-0.39, 0.29) is 5.60 Å². The molecule has 0 aromatic heterocycles. The zero-order valence-corrected chi connectivity index (χ0v) is 14.0. The maximum atomic E-state index is 5.81. The largest absolute Gasteiger partial charge is 0.373 e. The van der Waals surface area contributed by atoms with Crippen molar-refractivity contribution in [3.63, 3.8) is 0 Å². The van der Waals surface area contributed by atoms with Crippen LogP contribution in [0.15, 0.2) is 4.99 Å². The predicted octanol–water partition coefficient (Wildman–Crippen LogP) is 1.45. The molecule has 2 fully saturated rings. The van der Waals surface area contributed by atoms with Crippen LogP contribution in [0.1, 0.15) is 39.5 Å². The van der Waals surface area contributed by atoms with E-state index in [1.165, 1.54) is 25.9 Å². The first-order chi connectivity index (χ1) is 10.1. The molecule has 0 bridgehead atoms. The van der Waals surface area contributed by atoms with E-state index in [4.69, 9.17) is 9.73 Å². The number of aliphatic imine (C=N–C) groups is 1. The molecule has 0 aliphatic carbocycles. The molecule has 0 amide bonds.